The first-order chi connectivity index (χ1) is 10.8. The Balaban J connectivity index is 1.81. The summed E-state index contributed by atoms with van der Waals surface area (Å²) in [7, 11) is 0. The van der Waals surface area contributed by atoms with Gasteiger partial charge >= 0.3 is 0 Å². The molecule has 4 rings (SSSR count). The highest BCUT2D eigenvalue weighted by Crippen LogP contribution is 2.29. The number of hydrogen-bond acceptors (Lipinski definition) is 2. The van der Waals surface area contributed by atoms with Gasteiger partial charge in [-0.3, -0.25) is 0 Å². The van der Waals surface area contributed by atoms with E-state index in [1.807, 2.05) is 48.5 Å². The second-order valence-corrected chi connectivity index (χ2v) is 6.50. The number of nitrogens with zero attached hydrogens (tertiary/aromatic N) is 1. The summed E-state index contributed by atoms with van der Waals surface area (Å²) in [5.74, 6) is 0. The molecular weight excluding hydrogens is 310 g/mol. The van der Waals surface area contributed by atoms with E-state index in [1.54, 1.807) is 11.3 Å². The molecule has 0 aliphatic heterocycles. The third-order valence-corrected chi connectivity index (χ3v) is 4.95. The van der Waals surface area contributed by atoms with Crippen LogP contribution in [0.15, 0.2) is 60.7 Å². The molecule has 0 atom stereocenters. The molecule has 0 bridgehead atoms. The third-order valence-electron chi connectivity index (χ3n) is 3.62. The first kappa shape index (κ1) is 13.5. The SMILES string of the molecule is Clc1ccc2ccccc2c1/C=C\c1nc2ccccc2s1. The largest absolute Gasteiger partial charge is 0.237 e. The zero-order valence-electron chi connectivity index (χ0n) is 11.7. The molecule has 0 spiro atoms. The smallest absolute Gasteiger partial charge is 0.117 e. The molecule has 3 aromatic carbocycles. The molecule has 1 nitrogen and oxygen atoms in total. The van der Waals surface area contributed by atoms with Crippen molar-refractivity contribution in [3.63, 3.8) is 0 Å². The lowest BCUT2D eigenvalue weighted by atomic mass is 10.0. The summed E-state index contributed by atoms with van der Waals surface area (Å²) in [5, 5.41) is 4.10. The van der Waals surface area contributed by atoms with Crippen LogP contribution in [0, 0.1) is 0 Å². The van der Waals surface area contributed by atoms with E-state index < -0.39 is 0 Å². The second-order valence-electron chi connectivity index (χ2n) is 5.04. The number of rotatable bonds is 2. The van der Waals surface area contributed by atoms with Crippen molar-refractivity contribution in [1.29, 1.82) is 0 Å². The van der Waals surface area contributed by atoms with Crippen molar-refractivity contribution >= 4 is 56.1 Å². The van der Waals surface area contributed by atoms with Crippen LogP contribution in [0.4, 0.5) is 0 Å². The lowest BCUT2D eigenvalue weighted by molar-refractivity contribution is 1.46. The number of para-hydroxylation sites is 1. The molecule has 0 aliphatic carbocycles. The summed E-state index contributed by atoms with van der Waals surface area (Å²) < 4.78 is 1.20. The monoisotopic (exact) mass is 321 g/mol. The minimum Gasteiger partial charge on any atom is -0.237 e. The summed E-state index contributed by atoms with van der Waals surface area (Å²) in [4.78, 5) is 4.63. The van der Waals surface area contributed by atoms with E-state index in [0.29, 0.717) is 0 Å². The number of fused-ring (bicyclic) bond motifs is 2. The molecule has 0 unspecified atom stereocenters. The van der Waals surface area contributed by atoms with Crippen LogP contribution in [0.5, 0.6) is 0 Å². The Bertz CT molecular complexity index is 968. The van der Waals surface area contributed by atoms with E-state index in [2.05, 4.69) is 29.3 Å². The predicted molar refractivity (Wildman–Crippen MR) is 97.5 cm³/mol. The van der Waals surface area contributed by atoms with Gasteiger partial charge in [0, 0.05) is 10.6 Å². The van der Waals surface area contributed by atoms with Gasteiger partial charge < -0.3 is 0 Å². The maximum absolute atomic E-state index is 6.38. The molecule has 106 valence electrons. The van der Waals surface area contributed by atoms with Crippen molar-refractivity contribution < 1.29 is 0 Å². The molecule has 0 radical (unpaired) electrons. The van der Waals surface area contributed by atoms with E-state index >= 15 is 0 Å². The fraction of sp³-hybridized carbons (Fsp3) is 0. The van der Waals surface area contributed by atoms with Gasteiger partial charge in [0.05, 0.1) is 10.2 Å². The summed E-state index contributed by atoms with van der Waals surface area (Å²) in [6.45, 7) is 0. The number of thiazole rings is 1. The molecular formula is C19H12ClNS. The first-order valence-electron chi connectivity index (χ1n) is 7.02. The Morgan fingerprint density at radius 3 is 2.59 bits per heavy atom. The van der Waals surface area contributed by atoms with Crippen LogP contribution < -0.4 is 0 Å². The average molecular weight is 322 g/mol. The van der Waals surface area contributed by atoms with Gasteiger partial charge in [0.2, 0.25) is 0 Å². The lowest BCUT2D eigenvalue weighted by Crippen LogP contribution is -1.80. The maximum atomic E-state index is 6.38. The van der Waals surface area contributed by atoms with Crippen LogP contribution in [0.3, 0.4) is 0 Å². The Labute approximate surface area is 137 Å². The van der Waals surface area contributed by atoms with E-state index in [-0.39, 0.29) is 0 Å². The maximum Gasteiger partial charge on any atom is 0.117 e. The normalized spacial score (nSPS) is 11.7. The molecule has 0 amide bonds. The molecule has 22 heavy (non-hydrogen) atoms. The highest BCUT2D eigenvalue weighted by Gasteiger charge is 2.04. The number of aromatic nitrogens is 1. The van der Waals surface area contributed by atoms with E-state index in [9.17, 15) is 0 Å². The van der Waals surface area contributed by atoms with Crippen LogP contribution in [0.25, 0.3) is 33.1 Å². The van der Waals surface area contributed by atoms with Gasteiger partial charge in [0.1, 0.15) is 5.01 Å². The van der Waals surface area contributed by atoms with Gasteiger partial charge in [0.25, 0.3) is 0 Å². The zero-order chi connectivity index (χ0) is 14.9. The molecule has 0 aliphatic rings. The minimum absolute atomic E-state index is 0.760. The van der Waals surface area contributed by atoms with Gasteiger partial charge in [-0.1, -0.05) is 54.1 Å². The Morgan fingerprint density at radius 2 is 1.68 bits per heavy atom. The number of hydrogen-bond donors (Lipinski definition) is 0. The molecule has 0 N–H and O–H groups in total. The summed E-state index contributed by atoms with van der Waals surface area (Å²) in [6, 6.07) is 20.4. The van der Waals surface area contributed by atoms with E-state index in [4.69, 9.17) is 11.6 Å². The predicted octanol–water partition coefficient (Wildman–Crippen LogP) is 6.27. The molecule has 0 saturated carbocycles. The summed E-state index contributed by atoms with van der Waals surface area (Å²) in [5.41, 5.74) is 2.08. The van der Waals surface area contributed by atoms with Crippen molar-refractivity contribution in [2.75, 3.05) is 0 Å². The van der Waals surface area contributed by atoms with Crippen LogP contribution in [-0.4, -0.2) is 4.98 Å². The third kappa shape index (κ3) is 2.41. The van der Waals surface area contributed by atoms with Crippen molar-refractivity contribution in [3.8, 4) is 0 Å². The molecule has 4 aromatic rings. The molecule has 1 heterocycles. The Hall–Kier alpha value is -2.16. The minimum atomic E-state index is 0.760. The molecule has 3 heteroatoms. The zero-order valence-corrected chi connectivity index (χ0v) is 13.2. The first-order valence-corrected chi connectivity index (χ1v) is 8.21. The van der Waals surface area contributed by atoms with E-state index in [0.717, 1.165) is 26.5 Å². The quantitative estimate of drug-likeness (QED) is 0.424. The van der Waals surface area contributed by atoms with E-state index in [1.165, 1.54) is 10.1 Å². The fourth-order valence-corrected chi connectivity index (χ4v) is 3.65. The Kier molecular flexibility index (Phi) is 3.41. The highest BCUT2D eigenvalue weighted by atomic mass is 35.5. The van der Waals surface area contributed by atoms with Crippen molar-refractivity contribution in [1.82, 2.24) is 4.98 Å². The molecule has 1 aromatic heterocycles. The van der Waals surface area contributed by atoms with Gasteiger partial charge in [-0.25, -0.2) is 4.98 Å². The van der Waals surface area contributed by atoms with Crippen LogP contribution in [0.2, 0.25) is 5.02 Å². The van der Waals surface area contributed by atoms with Crippen LogP contribution in [0.1, 0.15) is 10.6 Å². The van der Waals surface area contributed by atoms with Crippen molar-refractivity contribution in [3.05, 3.63) is 76.3 Å². The van der Waals surface area contributed by atoms with Crippen LogP contribution >= 0.6 is 22.9 Å². The highest BCUT2D eigenvalue weighted by molar-refractivity contribution is 7.19. The molecule has 0 saturated heterocycles. The Morgan fingerprint density at radius 1 is 0.864 bits per heavy atom. The fourth-order valence-electron chi connectivity index (χ4n) is 2.55. The average Bonchev–Trinajstić information content (AvgIpc) is 2.97. The standard InChI is InChI=1S/C19H12ClNS/c20-16-11-9-13-5-1-2-6-14(13)15(16)10-12-19-21-17-7-3-4-8-18(17)22-19/h1-12H/b12-10-. The number of halogens is 1. The van der Waals surface area contributed by atoms with Crippen molar-refractivity contribution in [2.24, 2.45) is 0 Å². The van der Waals surface area contributed by atoms with Crippen LogP contribution in [-0.2, 0) is 0 Å². The van der Waals surface area contributed by atoms with Gasteiger partial charge in [-0.05, 0) is 41.1 Å². The summed E-state index contributed by atoms with van der Waals surface area (Å²) >= 11 is 8.07. The topological polar surface area (TPSA) is 12.9 Å². The van der Waals surface area contributed by atoms with Crippen molar-refractivity contribution in [2.45, 2.75) is 0 Å². The van der Waals surface area contributed by atoms with Gasteiger partial charge in [-0.2, -0.15) is 0 Å². The molecule has 0 fully saturated rings. The summed E-state index contributed by atoms with van der Waals surface area (Å²) in [6.07, 6.45) is 4.10. The lowest BCUT2D eigenvalue weighted by Gasteiger charge is -2.04. The van der Waals surface area contributed by atoms with Gasteiger partial charge in [0.15, 0.2) is 0 Å². The van der Waals surface area contributed by atoms with Gasteiger partial charge in [-0.15, -0.1) is 11.3 Å². The second kappa shape index (κ2) is 5.56. The number of benzene rings is 3.